The summed E-state index contributed by atoms with van der Waals surface area (Å²) in [5.74, 6) is 0.903. The monoisotopic (exact) mass is 432 g/mol. The van der Waals surface area contributed by atoms with E-state index in [9.17, 15) is 9.59 Å². The number of hydrogen-bond acceptors (Lipinski definition) is 6. The summed E-state index contributed by atoms with van der Waals surface area (Å²) in [6, 6.07) is 9.10. The van der Waals surface area contributed by atoms with Gasteiger partial charge in [-0.15, -0.1) is 0 Å². The average Bonchev–Trinajstić information content (AvgIpc) is 3.34. The molecule has 1 aliphatic rings. The number of aryl methyl sites for hydroxylation is 1. The van der Waals surface area contributed by atoms with E-state index in [-0.39, 0.29) is 34.9 Å². The maximum absolute atomic E-state index is 12.6. The summed E-state index contributed by atoms with van der Waals surface area (Å²) >= 11 is 10.7. The number of fused-ring (bicyclic) bond motifs is 1. The van der Waals surface area contributed by atoms with Crippen LogP contribution in [0.1, 0.15) is 41.6 Å². The van der Waals surface area contributed by atoms with Gasteiger partial charge in [0.25, 0.3) is 5.56 Å². The summed E-state index contributed by atoms with van der Waals surface area (Å²) in [7, 11) is 0. The Morgan fingerprint density at radius 1 is 1.28 bits per heavy atom. The van der Waals surface area contributed by atoms with E-state index in [1.54, 1.807) is 4.57 Å². The van der Waals surface area contributed by atoms with Crippen molar-refractivity contribution in [2.45, 2.75) is 44.5 Å². The predicted molar refractivity (Wildman–Crippen MR) is 113 cm³/mol. The van der Waals surface area contributed by atoms with Gasteiger partial charge in [-0.2, -0.15) is 17.6 Å². The fourth-order valence-corrected chi connectivity index (χ4v) is 4.04. The van der Waals surface area contributed by atoms with Crippen molar-refractivity contribution in [1.29, 1.82) is 0 Å². The maximum Gasteiger partial charge on any atom is 0.331 e. The van der Waals surface area contributed by atoms with Crippen LogP contribution >= 0.6 is 24.2 Å². The first-order valence-corrected chi connectivity index (χ1v) is 10.4. The summed E-state index contributed by atoms with van der Waals surface area (Å²) in [6.45, 7) is 2.66. The molecule has 0 bridgehead atoms. The zero-order valence-corrected chi connectivity index (χ0v) is 17.6. The van der Waals surface area contributed by atoms with Gasteiger partial charge >= 0.3 is 5.69 Å². The number of aromatic nitrogens is 4. The van der Waals surface area contributed by atoms with Crippen molar-refractivity contribution in [1.82, 2.24) is 19.3 Å². The Balaban J connectivity index is 1.47. The van der Waals surface area contributed by atoms with Crippen molar-refractivity contribution in [3.05, 3.63) is 79.2 Å². The third-order valence-corrected chi connectivity index (χ3v) is 6.30. The molecule has 1 aromatic carbocycles. The fraction of sp³-hybridized carbons (Fsp3) is 0.400. The van der Waals surface area contributed by atoms with E-state index in [2.05, 4.69) is 17.1 Å². The van der Waals surface area contributed by atoms with Crippen LogP contribution in [0.25, 0.3) is 0 Å². The van der Waals surface area contributed by atoms with E-state index < -0.39 is 0 Å². The molecule has 1 aliphatic heterocycles. The lowest BCUT2D eigenvalue weighted by Gasteiger charge is -2.18. The van der Waals surface area contributed by atoms with Crippen molar-refractivity contribution in [3.63, 3.8) is 0 Å². The van der Waals surface area contributed by atoms with Crippen molar-refractivity contribution in [2.24, 2.45) is 5.92 Å². The van der Waals surface area contributed by atoms with E-state index in [4.69, 9.17) is 28.8 Å². The summed E-state index contributed by atoms with van der Waals surface area (Å²) in [5, 5.41) is 4.68. The van der Waals surface area contributed by atoms with Gasteiger partial charge in [0.2, 0.25) is 5.89 Å². The van der Waals surface area contributed by atoms with Gasteiger partial charge in [-0.3, -0.25) is 13.9 Å². The SMILES string of the molecule is CC(Cc1noc(Cn2c(=O)cc3n(c2=O)CCC3)n1)C(S)c1ccc(Cl)cc1. The molecular weight excluding hydrogens is 412 g/mol. The number of thiol groups is 1. The fourth-order valence-electron chi connectivity index (χ4n) is 3.63. The Morgan fingerprint density at radius 3 is 2.79 bits per heavy atom. The van der Waals surface area contributed by atoms with E-state index in [0.717, 1.165) is 28.7 Å². The predicted octanol–water partition coefficient (Wildman–Crippen LogP) is 2.89. The highest BCUT2D eigenvalue weighted by atomic mass is 35.5. The Bertz CT molecular complexity index is 1140. The number of rotatable bonds is 6. The van der Waals surface area contributed by atoms with Gasteiger partial charge in [-0.05, 0) is 36.5 Å². The summed E-state index contributed by atoms with van der Waals surface area (Å²) in [6.07, 6.45) is 2.19. The Kier molecular flexibility index (Phi) is 5.65. The molecule has 152 valence electrons. The van der Waals surface area contributed by atoms with Crippen LogP contribution in [0.3, 0.4) is 0 Å². The van der Waals surface area contributed by atoms with Crippen LogP contribution in [0.2, 0.25) is 5.02 Å². The highest BCUT2D eigenvalue weighted by Gasteiger charge is 2.20. The zero-order chi connectivity index (χ0) is 20.5. The van der Waals surface area contributed by atoms with Crippen molar-refractivity contribution in [2.75, 3.05) is 0 Å². The van der Waals surface area contributed by atoms with Gasteiger partial charge in [0, 0.05) is 35.0 Å². The van der Waals surface area contributed by atoms with E-state index in [1.807, 2.05) is 24.3 Å². The minimum absolute atomic E-state index is 0.0156. The lowest BCUT2D eigenvalue weighted by molar-refractivity contribution is 0.358. The normalized spacial score (nSPS) is 15.3. The van der Waals surface area contributed by atoms with Crippen LogP contribution < -0.4 is 11.2 Å². The molecular formula is C20H21ClN4O3S. The lowest BCUT2D eigenvalue weighted by Crippen LogP contribution is -2.39. The van der Waals surface area contributed by atoms with Gasteiger partial charge in [-0.1, -0.05) is 35.8 Å². The van der Waals surface area contributed by atoms with Gasteiger partial charge in [0.1, 0.15) is 6.54 Å². The van der Waals surface area contributed by atoms with Crippen molar-refractivity contribution >= 4 is 24.2 Å². The molecule has 9 heteroatoms. The average molecular weight is 433 g/mol. The number of hydrogen-bond donors (Lipinski definition) is 1. The second-order valence-electron chi connectivity index (χ2n) is 7.38. The molecule has 29 heavy (non-hydrogen) atoms. The Hall–Kier alpha value is -2.32. The van der Waals surface area contributed by atoms with Gasteiger partial charge in [0.15, 0.2) is 5.82 Å². The van der Waals surface area contributed by atoms with Gasteiger partial charge < -0.3 is 4.52 Å². The first-order chi connectivity index (χ1) is 13.9. The smallest absolute Gasteiger partial charge is 0.331 e. The largest absolute Gasteiger partial charge is 0.337 e. The minimum Gasteiger partial charge on any atom is -0.337 e. The second-order valence-corrected chi connectivity index (χ2v) is 8.37. The van der Waals surface area contributed by atoms with E-state index in [1.165, 1.54) is 6.07 Å². The topological polar surface area (TPSA) is 82.9 Å². The molecule has 0 fully saturated rings. The van der Waals surface area contributed by atoms with E-state index >= 15 is 0 Å². The molecule has 2 atom stereocenters. The zero-order valence-electron chi connectivity index (χ0n) is 15.9. The van der Waals surface area contributed by atoms with Gasteiger partial charge in [0.05, 0.1) is 0 Å². The maximum atomic E-state index is 12.6. The van der Waals surface area contributed by atoms with Crippen molar-refractivity contribution < 1.29 is 4.52 Å². The lowest BCUT2D eigenvalue weighted by atomic mass is 9.97. The van der Waals surface area contributed by atoms with E-state index in [0.29, 0.717) is 23.8 Å². The molecule has 4 rings (SSSR count). The Labute approximate surface area is 177 Å². The first-order valence-electron chi connectivity index (χ1n) is 9.51. The number of halogens is 1. The highest BCUT2D eigenvalue weighted by molar-refractivity contribution is 7.80. The van der Waals surface area contributed by atoms with Crippen LogP contribution in [0.15, 0.2) is 44.4 Å². The highest BCUT2D eigenvalue weighted by Crippen LogP contribution is 2.31. The number of benzene rings is 1. The molecule has 3 heterocycles. The quantitative estimate of drug-likeness (QED) is 0.605. The molecule has 0 amide bonds. The van der Waals surface area contributed by atoms with Crippen molar-refractivity contribution in [3.8, 4) is 0 Å². The first kappa shape index (κ1) is 20.0. The van der Waals surface area contributed by atoms with Crippen LogP contribution in [0.5, 0.6) is 0 Å². The van der Waals surface area contributed by atoms with Crippen LogP contribution in [-0.4, -0.2) is 19.3 Å². The minimum atomic E-state index is -0.338. The molecule has 2 aromatic heterocycles. The molecule has 0 spiro atoms. The molecule has 0 aliphatic carbocycles. The summed E-state index contributed by atoms with van der Waals surface area (Å²) in [5.41, 5.74) is 1.19. The van der Waals surface area contributed by atoms with Crippen LogP contribution in [-0.2, 0) is 25.9 Å². The second kappa shape index (κ2) is 8.20. The molecule has 3 aromatic rings. The molecule has 0 N–H and O–H groups in total. The van der Waals surface area contributed by atoms with Crippen LogP contribution in [0, 0.1) is 5.92 Å². The molecule has 0 saturated heterocycles. The standard InChI is InChI=1S/C20H21ClN4O3S/c1-12(19(29)13-4-6-14(21)7-5-13)9-16-22-17(28-23-16)11-25-18(26)10-15-3-2-8-24(15)20(25)27/h4-7,10,12,19,29H,2-3,8-9,11H2,1H3. The molecule has 0 saturated carbocycles. The summed E-state index contributed by atoms with van der Waals surface area (Å²) in [4.78, 5) is 29.2. The third-order valence-electron chi connectivity index (χ3n) is 5.24. The van der Waals surface area contributed by atoms with Crippen LogP contribution in [0.4, 0.5) is 0 Å². The van der Waals surface area contributed by atoms with Gasteiger partial charge in [-0.25, -0.2) is 4.79 Å². The Morgan fingerprint density at radius 2 is 2.03 bits per heavy atom. The number of nitrogens with zero attached hydrogens (tertiary/aromatic N) is 4. The molecule has 7 nitrogen and oxygen atoms in total. The molecule has 0 radical (unpaired) electrons. The molecule has 2 unspecified atom stereocenters. The third kappa shape index (κ3) is 4.18. The summed E-state index contributed by atoms with van der Waals surface area (Å²) < 4.78 is 8.07.